The van der Waals surface area contributed by atoms with Crippen molar-refractivity contribution in [2.45, 2.75) is 58.2 Å². The van der Waals surface area contributed by atoms with Crippen molar-refractivity contribution in [2.75, 3.05) is 13.7 Å². The van der Waals surface area contributed by atoms with Crippen molar-refractivity contribution in [2.24, 2.45) is 11.3 Å². The second kappa shape index (κ2) is 6.43. The third-order valence-corrected chi connectivity index (χ3v) is 6.26. The van der Waals surface area contributed by atoms with Gasteiger partial charge in [-0.1, -0.05) is 18.6 Å². The fourth-order valence-electron chi connectivity index (χ4n) is 4.99. The number of rotatable bonds is 2. The van der Waals surface area contributed by atoms with Gasteiger partial charge in [-0.15, -0.1) is 0 Å². The van der Waals surface area contributed by atoms with Crippen LogP contribution in [0, 0.1) is 11.3 Å². The first-order valence-electron chi connectivity index (χ1n) is 9.04. The van der Waals surface area contributed by atoms with Crippen LogP contribution >= 0.6 is 0 Å². The van der Waals surface area contributed by atoms with E-state index in [2.05, 4.69) is 0 Å². The Balaban J connectivity index is 2.04. The molecular weight excluding hydrogens is 347 g/mol. The number of hydrogen-bond acceptors (Lipinski definition) is 3. The van der Waals surface area contributed by atoms with Crippen LogP contribution in [0.25, 0.3) is 0 Å². The van der Waals surface area contributed by atoms with E-state index in [4.69, 9.17) is 4.74 Å². The number of fused-ring (bicyclic) bond motifs is 3. The summed E-state index contributed by atoms with van der Waals surface area (Å²) in [6.45, 7) is 3.64. The van der Waals surface area contributed by atoms with E-state index in [1.165, 1.54) is 0 Å². The van der Waals surface area contributed by atoms with Crippen molar-refractivity contribution in [3.05, 3.63) is 22.8 Å². The predicted molar refractivity (Wildman–Crippen MR) is 89.0 cm³/mol. The number of ether oxygens (including phenoxy) is 1. The molecule has 1 saturated heterocycles. The molecule has 0 aromatic heterocycles. The Hall–Kier alpha value is -1.79. The lowest BCUT2D eigenvalue weighted by atomic mass is 9.57. The van der Waals surface area contributed by atoms with Crippen molar-refractivity contribution in [1.29, 1.82) is 0 Å². The third-order valence-electron chi connectivity index (χ3n) is 6.26. The molecule has 3 atom stereocenters. The van der Waals surface area contributed by atoms with E-state index < -0.39 is 29.1 Å². The molecule has 0 unspecified atom stereocenters. The average molecular weight is 371 g/mol. The van der Waals surface area contributed by atoms with Crippen molar-refractivity contribution in [1.82, 2.24) is 4.90 Å². The minimum atomic E-state index is -4.55. The smallest absolute Gasteiger partial charge is 0.413 e. The summed E-state index contributed by atoms with van der Waals surface area (Å²) in [6, 6.07) is -0.0397. The monoisotopic (exact) mass is 371 g/mol. The summed E-state index contributed by atoms with van der Waals surface area (Å²) < 4.78 is 45.6. The molecule has 3 rings (SSSR count). The van der Waals surface area contributed by atoms with E-state index >= 15 is 0 Å². The minimum Gasteiger partial charge on any atom is -0.463 e. The lowest BCUT2D eigenvalue weighted by Crippen LogP contribution is -2.56. The van der Waals surface area contributed by atoms with Gasteiger partial charge in [0.1, 0.15) is 0 Å². The zero-order valence-corrected chi connectivity index (χ0v) is 15.3. The van der Waals surface area contributed by atoms with Crippen LogP contribution in [-0.2, 0) is 14.3 Å². The van der Waals surface area contributed by atoms with Gasteiger partial charge < -0.3 is 9.64 Å². The number of carbonyl (C=O) groups excluding carboxylic acids is 2. The van der Waals surface area contributed by atoms with Gasteiger partial charge in [0.05, 0.1) is 12.2 Å². The van der Waals surface area contributed by atoms with Crippen LogP contribution in [-0.4, -0.2) is 42.6 Å². The Labute approximate surface area is 151 Å². The number of halogens is 3. The third kappa shape index (κ3) is 2.85. The molecule has 0 aromatic rings. The lowest BCUT2D eigenvalue weighted by Gasteiger charge is -2.54. The average Bonchev–Trinajstić information content (AvgIpc) is 2.57. The van der Waals surface area contributed by atoms with Gasteiger partial charge in [-0.05, 0) is 32.6 Å². The van der Waals surface area contributed by atoms with E-state index in [0.29, 0.717) is 25.7 Å². The zero-order valence-electron chi connectivity index (χ0n) is 15.3. The molecule has 0 aromatic carbocycles. The molecule has 0 N–H and O–H groups in total. The molecule has 0 bridgehead atoms. The van der Waals surface area contributed by atoms with Crippen molar-refractivity contribution in [3.8, 4) is 0 Å². The number of likely N-dealkylation sites (tertiary alicyclic amines) is 1. The molecule has 1 saturated carbocycles. The molecular formula is C19H24F3NO3. The second-order valence-electron chi connectivity index (χ2n) is 7.54. The van der Waals surface area contributed by atoms with Gasteiger partial charge in [0.15, 0.2) is 0 Å². The highest BCUT2D eigenvalue weighted by atomic mass is 19.4. The molecule has 1 heterocycles. The Morgan fingerprint density at radius 1 is 1.38 bits per heavy atom. The number of esters is 1. The van der Waals surface area contributed by atoms with E-state index in [0.717, 1.165) is 5.57 Å². The number of amides is 1. The van der Waals surface area contributed by atoms with Gasteiger partial charge in [-0.3, -0.25) is 4.79 Å². The van der Waals surface area contributed by atoms with Gasteiger partial charge in [0, 0.05) is 36.4 Å². The Morgan fingerprint density at radius 3 is 2.69 bits per heavy atom. The van der Waals surface area contributed by atoms with Gasteiger partial charge in [0.2, 0.25) is 5.91 Å². The maximum atomic E-state index is 13.5. The molecule has 4 nitrogen and oxygen atoms in total. The quantitative estimate of drug-likeness (QED) is 0.548. The summed E-state index contributed by atoms with van der Waals surface area (Å²) in [4.78, 5) is 26.2. The highest BCUT2D eigenvalue weighted by Crippen LogP contribution is 2.56. The first-order valence-corrected chi connectivity index (χ1v) is 9.04. The van der Waals surface area contributed by atoms with Crippen LogP contribution in [0.15, 0.2) is 22.8 Å². The topological polar surface area (TPSA) is 46.6 Å². The number of carbonyl (C=O) groups is 2. The SMILES string of the molecule is CCOC(=O)C1=C(C(F)(F)F)CC=C2[C@@H]1CC[C@H]1N(C)C(=O)CC[C@]21C. The number of allylic oxidation sites excluding steroid dienone is 2. The number of nitrogens with zero attached hydrogens (tertiary/aromatic N) is 1. The highest BCUT2D eigenvalue weighted by molar-refractivity contribution is 5.91. The summed E-state index contributed by atoms with van der Waals surface area (Å²) in [6.07, 6.45) is -1.26. The highest BCUT2D eigenvalue weighted by Gasteiger charge is 2.54. The maximum Gasteiger partial charge on any atom is 0.413 e. The second-order valence-corrected chi connectivity index (χ2v) is 7.54. The van der Waals surface area contributed by atoms with Crippen LogP contribution in [0.5, 0.6) is 0 Å². The molecule has 0 radical (unpaired) electrons. The normalized spacial score (nSPS) is 32.0. The minimum absolute atomic E-state index is 0.0381. The van der Waals surface area contributed by atoms with Crippen LogP contribution in [0.4, 0.5) is 13.2 Å². The first-order chi connectivity index (χ1) is 12.1. The molecule has 3 aliphatic rings. The fourth-order valence-corrected chi connectivity index (χ4v) is 4.99. The largest absolute Gasteiger partial charge is 0.463 e. The molecule has 144 valence electrons. The zero-order chi connectivity index (χ0) is 19.3. The first kappa shape index (κ1) is 19.0. The van der Waals surface area contributed by atoms with Gasteiger partial charge in [-0.25, -0.2) is 4.79 Å². The summed E-state index contributed by atoms with van der Waals surface area (Å²) in [5.41, 5.74) is -0.548. The summed E-state index contributed by atoms with van der Waals surface area (Å²) in [5, 5.41) is 0. The molecule has 0 spiro atoms. The van der Waals surface area contributed by atoms with Crippen LogP contribution in [0.2, 0.25) is 0 Å². The van der Waals surface area contributed by atoms with Crippen LogP contribution < -0.4 is 0 Å². The summed E-state index contributed by atoms with van der Waals surface area (Å²) in [5.74, 6) is -1.38. The Bertz CT molecular complexity index is 695. The van der Waals surface area contributed by atoms with E-state index in [1.807, 2.05) is 6.92 Å². The van der Waals surface area contributed by atoms with Crippen molar-refractivity contribution < 1.29 is 27.5 Å². The van der Waals surface area contributed by atoms with E-state index in [9.17, 15) is 22.8 Å². The molecule has 1 aliphatic heterocycles. The van der Waals surface area contributed by atoms with Gasteiger partial charge >= 0.3 is 12.1 Å². The number of alkyl halides is 3. The molecule has 2 aliphatic carbocycles. The predicted octanol–water partition coefficient (Wildman–Crippen LogP) is 3.78. The standard InChI is InChI=1S/C19H24F3NO3/c1-4-26-17(25)16-11-5-8-14-18(2,10-9-15(24)23(14)3)12(11)6-7-13(16)19(20,21)22/h6,11,14H,4-5,7-10H2,1-3H3/t11-,14+,18+/m0/s1. The maximum absolute atomic E-state index is 13.5. The molecule has 1 amide bonds. The number of hydrogen-bond donors (Lipinski definition) is 0. The molecule has 2 fully saturated rings. The Kier molecular flexibility index (Phi) is 4.69. The Morgan fingerprint density at radius 2 is 2.08 bits per heavy atom. The summed E-state index contributed by atoms with van der Waals surface area (Å²) >= 11 is 0. The van der Waals surface area contributed by atoms with Gasteiger partial charge in [-0.2, -0.15) is 13.2 Å². The summed E-state index contributed by atoms with van der Waals surface area (Å²) in [7, 11) is 1.76. The van der Waals surface area contributed by atoms with Crippen LogP contribution in [0.1, 0.15) is 46.0 Å². The molecule has 7 heteroatoms. The fraction of sp³-hybridized carbons (Fsp3) is 0.684. The van der Waals surface area contributed by atoms with E-state index in [-0.39, 0.29) is 30.5 Å². The van der Waals surface area contributed by atoms with Crippen LogP contribution in [0.3, 0.4) is 0 Å². The van der Waals surface area contributed by atoms with E-state index in [1.54, 1.807) is 24.9 Å². The van der Waals surface area contributed by atoms with Gasteiger partial charge in [0.25, 0.3) is 0 Å². The van der Waals surface area contributed by atoms with Crippen molar-refractivity contribution in [3.63, 3.8) is 0 Å². The van der Waals surface area contributed by atoms with Crippen molar-refractivity contribution >= 4 is 11.9 Å². The number of piperidine rings is 1. The molecule has 26 heavy (non-hydrogen) atoms. The lowest BCUT2D eigenvalue weighted by molar-refractivity contribution is -0.143.